The molecule has 2 aromatic carbocycles. The van der Waals surface area contributed by atoms with Crippen molar-refractivity contribution in [2.45, 2.75) is 19.4 Å². The number of H-pyrrole nitrogens is 1. The van der Waals surface area contributed by atoms with Crippen LogP contribution in [0.1, 0.15) is 24.4 Å². The number of fused-ring (bicyclic) bond motifs is 1. The Balaban J connectivity index is 1.63. The van der Waals surface area contributed by atoms with Gasteiger partial charge >= 0.3 is 0 Å². The van der Waals surface area contributed by atoms with E-state index in [4.69, 9.17) is 0 Å². The molecule has 0 saturated carbocycles. The lowest BCUT2D eigenvalue weighted by molar-refractivity contribution is -0.126. The number of carbonyl (C=O) groups is 1. The van der Waals surface area contributed by atoms with Crippen LogP contribution in [0.3, 0.4) is 0 Å². The molecule has 5 nitrogen and oxygen atoms in total. The number of rotatable bonds is 7. The van der Waals surface area contributed by atoms with Gasteiger partial charge in [0.05, 0.1) is 11.0 Å². The summed E-state index contributed by atoms with van der Waals surface area (Å²) in [6.07, 6.45) is 0.678. The monoisotopic (exact) mass is 336 g/mol. The number of aromatic amines is 1. The second kappa shape index (κ2) is 7.94. The first-order chi connectivity index (χ1) is 12.2. The minimum absolute atomic E-state index is 0.0201. The van der Waals surface area contributed by atoms with E-state index in [0.717, 1.165) is 29.0 Å². The molecule has 0 aliphatic heterocycles. The molecule has 130 valence electrons. The molecule has 5 heteroatoms. The van der Waals surface area contributed by atoms with E-state index < -0.39 is 0 Å². The maximum Gasteiger partial charge on any atom is 0.241 e. The Morgan fingerprint density at radius 3 is 2.60 bits per heavy atom. The average Bonchev–Trinajstić information content (AvgIpc) is 3.05. The fraction of sp³-hybridized carbons (Fsp3) is 0.300. The number of nitrogens with zero attached hydrogens (tertiary/aromatic N) is 2. The van der Waals surface area contributed by atoms with Gasteiger partial charge in [0.2, 0.25) is 5.91 Å². The molecule has 25 heavy (non-hydrogen) atoms. The maximum atomic E-state index is 12.7. The number of hydrogen-bond acceptors (Lipinski definition) is 3. The lowest BCUT2D eigenvalue weighted by Gasteiger charge is -2.26. The first-order valence-electron chi connectivity index (χ1n) is 8.65. The van der Waals surface area contributed by atoms with Gasteiger partial charge in [-0.3, -0.25) is 9.69 Å². The van der Waals surface area contributed by atoms with Crippen LogP contribution < -0.4 is 5.32 Å². The van der Waals surface area contributed by atoms with Gasteiger partial charge in [-0.25, -0.2) is 4.98 Å². The minimum atomic E-state index is -0.276. The molecule has 0 bridgehead atoms. The number of benzene rings is 2. The molecular formula is C20H24N4O. The molecule has 3 rings (SSSR count). The molecular weight excluding hydrogens is 312 g/mol. The lowest BCUT2D eigenvalue weighted by Crippen LogP contribution is -2.39. The summed E-state index contributed by atoms with van der Waals surface area (Å²) in [5, 5.41) is 3.05. The number of carbonyl (C=O) groups excluding carboxylic acids is 1. The smallest absolute Gasteiger partial charge is 0.241 e. The predicted molar refractivity (Wildman–Crippen MR) is 100 cm³/mol. The van der Waals surface area contributed by atoms with Crippen LogP contribution in [-0.2, 0) is 11.2 Å². The third kappa shape index (κ3) is 4.06. The van der Waals surface area contributed by atoms with Gasteiger partial charge < -0.3 is 10.3 Å². The number of likely N-dealkylation sites (N-methyl/N-ethyl adjacent to an activating group) is 1. The van der Waals surface area contributed by atoms with Crippen LogP contribution in [0.4, 0.5) is 0 Å². The maximum absolute atomic E-state index is 12.7. The second-order valence-corrected chi connectivity index (χ2v) is 6.13. The predicted octanol–water partition coefficient (Wildman–Crippen LogP) is 2.91. The average molecular weight is 336 g/mol. The number of imidazole rings is 1. The van der Waals surface area contributed by atoms with E-state index >= 15 is 0 Å². The molecule has 0 fully saturated rings. The Morgan fingerprint density at radius 1 is 1.16 bits per heavy atom. The van der Waals surface area contributed by atoms with E-state index in [9.17, 15) is 4.79 Å². The van der Waals surface area contributed by atoms with Crippen molar-refractivity contribution in [3.05, 3.63) is 66.0 Å². The highest BCUT2D eigenvalue weighted by Gasteiger charge is 2.23. The zero-order chi connectivity index (χ0) is 17.6. The van der Waals surface area contributed by atoms with Crippen molar-refractivity contribution in [2.75, 3.05) is 20.1 Å². The molecule has 0 aliphatic carbocycles. The van der Waals surface area contributed by atoms with Gasteiger partial charge in [0, 0.05) is 13.0 Å². The van der Waals surface area contributed by atoms with Crippen molar-refractivity contribution in [1.29, 1.82) is 0 Å². The van der Waals surface area contributed by atoms with Crippen LogP contribution in [0.25, 0.3) is 11.0 Å². The van der Waals surface area contributed by atoms with Crippen LogP contribution in [0.2, 0.25) is 0 Å². The summed E-state index contributed by atoms with van der Waals surface area (Å²) < 4.78 is 0. The molecule has 0 spiro atoms. The highest BCUT2D eigenvalue weighted by atomic mass is 16.2. The first kappa shape index (κ1) is 17.2. The topological polar surface area (TPSA) is 61.0 Å². The third-order valence-electron chi connectivity index (χ3n) is 4.40. The SMILES string of the molecule is CCN(C)C(C(=O)NCCc1nc2ccccc2[nH]1)c1ccccc1. The van der Waals surface area contributed by atoms with Crippen LogP contribution in [0.15, 0.2) is 54.6 Å². The molecule has 0 aliphatic rings. The quantitative estimate of drug-likeness (QED) is 0.697. The standard InChI is InChI=1S/C20H24N4O/c1-3-24(2)19(15-9-5-4-6-10-15)20(25)21-14-13-18-22-16-11-7-8-12-17(16)23-18/h4-12,19H,3,13-14H2,1-2H3,(H,21,25)(H,22,23). The van der Waals surface area contributed by atoms with Gasteiger partial charge in [0.15, 0.2) is 0 Å². The summed E-state index contributed by atoms with van der Waals surface area (Å²) in [6, 6.07) is 17.6. The summed E-state index contributed by atoms with van der Waals surface area (Å²) in [5.41, 5.74) is 2.99. The zero-order valence-electron chi connectivity index (χ0n) is 14.7. The number of hydrogen-bond donors (Lipinski definition) is 2. The summed E-state index contributed by atoms with van der Waals surface area (Å²) in [6.45, 7) is 3.41. The van der Waals surface area contributed by atoms with Crippen LogP contribution in [-0.4, -0.2) is 40.9 Å². The highest BCUT2D eigenvalue weighted by molar-refractivity contribution is 5.83. The van der Waals surface area contributed by atoms with Gasteiger partial charge in [-0.05, 0) is 31.3 Å². The number of aromatic nitrogens is 2. The molecule has 0 radical (unpaired) electrons. The van der Waals surface area contributed by atoms with Crippen molar-refractivity contribution in [3.8, 4) is 0 Å². The molecule has 1 heterocycles. The normalized spacial score (nSPS) is 12.4. The van der Waals surface area contributed by atoms with Crippen LogP contribution >= 0.6 is 0 Å². The molecule has 1 amide bonds. The lowest BCUT2D eigenvalue weighted by atomic mass is 10.0. The van der Waals surface area contributed by atoms with E-state index in [-0.39, 0.29) is 11.9 Å². The van der Waals surface area contributed by atoms with Crippen molar-refractivity contribution in [2.24, 2.45) is 0 Å². The molecule has 3 aromatic rings. The molecule has 0 saturated heterocycles. The minimum Gasteiger partial charge on any atom is -0.354 e. The zero-order valence-corrected chi connectivity index (χ0v) is 14.7. The van der Waals surface area contributed by atoms with Gasteiger partial charge in [0.1, 0.15) is 11.9 Å². The van der Waals surface area contributed by atoms with Crippen molar-refractivity contribution < 1.29 is 4.79 Å². The molecule has 1 unspecified atom stereocenters. The Morgan fingerprint density at radius 2 is 1.88 bits per heavy atom. The summed E-state index contributed by atoms with van der Waals surface area (Å²) in [5.74, 6) is 0.910. The van der Waals surface area contributed by atoms with Crippen molar-refractivity contribution in [3.63, 3.8) is 0 Å². The third-order valence-corrected chi connectivity index (χ3v) is 4.40. The Kier molecular flexibility index (Phi) is 5.46. The Hall–Kier alpha value is -2.66. The van der Waals surface area contributed by atoms with E-state index in [1.54, 1.807) is 0 Å². The van der Waals surface area contributed by atoms with Crippen molar-refractivity contribution in [1.82, 2.24) is 20.2 Å². The van der Waals surface area contributed by atoms with Gasteiger partial charge in [-0.1, -0.05) is 49.4 Å². The van der Waals surface area contributed by atoms with Gasteiger partial charge in [-0.15, -0.1) is 0 Å². The van der Waals surface area contributed by atoms with Crippen LogP contribution in [0.5, 0.6) is 0 Å². The van der Waals surface area contributed by atoms with Crippen LogP contribution in [0, 0.1) is 0 Å². The molecule has 2 N–H and O–H groups in total. The summed E-state index contributed by atoms with van der Waals surface area (Å²) in [7, 11) is 1.97. The largest absolute Gasteiger partial charge is 0.354 e. The fourth-order valence-corrected chi connectivity index (χ4v) is 2.95. The van der Waals surface area contributed by atoms with E-state index in [1.165, 1.54) is 0 Å². The number of amides is 1. The van der Waals surface area contributed by atoms with Gasteiger partial charge in [0.25, 0.3) is 0 Å². The number of para-hydroxylation sites is 2. The van der Waals surface area contributed by atoms with Crippen molar-refractivity contribution >= 4 is 16.9 Å². The second-order valence-electron chi connectivity index (χ2n) is 6.13. The summed E-state index contributed by atoms with van der Waals surface area (Å²) in [4.78, 5) is 22.6. The number of nitrogens with one attached hydrogen (secondary N) is 2. The molecule has 1 aromatic heterocycles. The van der Waals surface area contributed by atoms with Gasteiger partial charge in [-0.2, -0.15) is 0 Å². The Labute approximate surface area is 148 Å². The highest BCUT2D eigenvalue weighted by Crippen LogP contribution is 2.19. The van der Waals surface area contributed by atoms with E-state index in [1.807, 2.05) is 66.5 Å². The Bertz CT molecular complexity index is 795. The molecule has 1 atom stereocenters. The van der Waals surface area contributed by atoms with E-state index in [0.29, 0.717) is 13.0 Å². The fourth-order valence-electron chi connectivity index (χ4n) is 2.95. The first-order valence-corrected chi connectivity index (χ1v) is 8.65. The van der Waals surface area contributed by atoms with E-state index in [2.05, 4.69) is 22.2 Å². The summed E-state index contributed by atoms with van der Waals surface area (Å²) >= 11 is 0.